The summed E-state index contributed by atoms with van der Waals surface area (Å²) < 4.78 is 9.61. The number of nitrogens with zero attached hydrogens (tertiary/aromatic N) is 1. The fourth-order valence-electron chi connectivity index (χ4n) is 3.90. The summed E-state index contributed by atoms with van der Waals surface area (Å²) >= 11 is 1.03. The van der Waals surface area contributed by atoms with Gasteiger partial charge in [-0.25, -0.2) is 9.59 Å². The smallest absolute Gasteiger partial charge is 0.348 e. The fraction of sp³-hybridized carbons (Fsp3) is 0.435. The molecule has 0 radical (unpaired) electrons. The van der Waals surface area contributed by atoms with Gasteiger partial charge in [-0.3, -0.25) is 9.69 Å². The zero-order chi connectivity index (χ0) is 22.4. The molecule has 0 saturated carbocycles. The number of carbonyl (C=O) groups excluding carboxylic acids is 3. The van der Waals surface area contributed by atoms with Crippen LogP contribution >= 0.6 is 11.3 Å². The van der Waals surface area contributed by atoms with E-state index in [9.17, 15) is 14.4 Å². The highest BCUT2D eigenvalue weighted by Crippen LogP contribution is 2.34. The molecule has 3 rings (SSSR count). The monoisotopic (exact) mass is 444 g/mol. The van der Waals surface area contributed by atoms with Gasteiger partial charge in [0.05, 0.1) is 26.3 Å². The van der Waals surface area contributed by atoms with Crippen molar-refractivity contribution < 1.29 is 23.9 Å². The van der Waals surface area contributed by atoms with Crippen LogP contribution in [0, 0.1) is 12.8 Å². The molecular formula is C23H28N2O5S. The Morgan fingerprint density at radius 1 is 1.06 bits per heavy atom. The van der Waals surface area contributed by atoms with E-state index in [4.69, 9.17) is 9.47 Å². The second kappa shape index (κ2) is 10.5. The summed E-state index contributed by atoms with van der Waals surface area (Å²) in [5, 5.41) is 3.11. The van der Waals surface area contributed by atoms with Crippen molar-refractivity contribution in [3.63, 3.8) is 0 Å². The summed E-state index contributed by atoms with van der Waals surface area (Å²) in [6.07, 6.45) is 3.15. The maximum atomic E-state index is 12.7. The summed E-state index contributed by atoms with van der Waals surface area (Å²) in [6.45, 7) is 3.59. The lowest BCUT2D eigenvalue weighted by Gasteiger charge is -2.31. The van der Waals surface area contributed by atoms with Crippen molar-refractivity contribution in [2.24, 2.45) is 5.92 Å². The van der Waals surface area contributed by atoms with Crippen molar-refractivity contribution in [1.29, 1.82) is 0 Å². The van der Waals surface area contributed by atoms with E-state index < -0.39 is 11.9 Å². The van der Waals surface area contributed by atoms with E-state index >= 15 is 0 Å². The van der Waals surface area contributed by atoms with Crippen molar-refractivity contribution >= 4 is 34.2 Å². The van der Waals surface area contributed by atoms with E-state index in [-0.39, 0.29) is 22.9 Å². The molecule has 166 valence electrons. The third-order valence-electron chi connectivity index (χ3n) is 5.60. The number of rotatable bonds is 7. The molecule has 7 nitrogen and oxygen atoms in total. The molecule has 0 bridgehead atoms. The number of ether oxygens (including phenoxy) is 2. The summed E-state index contributed by atoms with van der Waals surface area (Å²) in [6, 6.07) is 10.5. The van der Waals surface area contributed by atoms with Crippen LogP contribution < -0.4 is 5.32 Å². The Hall–Kier alpha value is -2.71. The highest BCUT2D eigenvalue weighted by atomic mass is 32.1. The molecule has 1 amide bonds. The molecule has 0 unspecified atom stereocenters. The number of hydrogen-bond acceptors (Lipinski definition) is 7. The second-order valence-electron chi connectivity index (χ2n) is 7.70. The first kappa shape index (κ1) is 23.0. The number of amides is 1. The largest absolute Gasteiger partial charge is 0.465 e. The van der Waals surface area contributed by atoms with Crippen molar-refractivity contribution in [2.45, 2.75) is 26.2 Å². The summed E-state index contributed by atoms with van der Waals surface area (Å²) in [7, 11) is 2.54. The Morgan fingerprint density at radius 3 is 2.32 bits per heavy atom. The molecule has 1 N–H and O–H groups in total. The van der Waals surface area contributed by atoms with E-state index in [0.717, 1.165) is 43.7 Å². The van der Waals surface area contributed by atoms with Crippen molar-refractivity contribution in [2.75, 3.05) is 39.2 Å². The van der Waals surface area contributed by atoms with Gasteiger partial charge in [0.1, 0.15) is 9.88 Å². The van der Waals surface area contributed by atoms with Gasteiger partial charge in [0.2, 0.25) is 5.91 Å². The van der Waals surface area contributed by atoms with Crippen LogP contribution in [0.25, 0.3) is 0 Å². The van der Waals surface area contributed by atoms with Crippen LogP contribution in [0.15, 0.2) is 30.3 Å². The van der Waals surface area contributed by atoms with Gasteiger partial charge in [-0.2, -0.15) is 0 Å². The predicted molar refractivity (Wildman–Crippen MR) is 120 cm³/mol. The van der Waals surface area contributed by atoms with Crippen molar-refractivity contribution in [1.82, 2.24) is 4.90 Å². The zero-order valence-electron chi connectivity index (χ0n) is 18.1. The van der Waals surface area contributed by atoms with Gasteiger partial charge >= 0.3 is 11.9 Å². The van der Waals surface area contributed by atoms with Crippen LogP contribution in [0.1, 0.15) is 44.0 Å². The standard InChI is InChI=1S/C23H28N2O5S/c1-15-19(22(27)29-2)21(31-20(15)23(28)30-3)24-18(26)14-25-11-9-17(10-12-25)13-16-7-5-4-6-8-16/h4-8,17H,9-14H2,1-3H3,(H,24,26). The SMILES string of the molecule is COC(=O)c1sc(NC(=O)CN2CCC(Cc3ccccc3)CC2)c(C(=O)OC)c1C. The van der Waals surface area contributed by atoms with E-state index in [1.807, 2.05) is 6.07 Å². The molecule has 1 aromatic carbocycles. The second-order valence-corrected chi connectivity index (χ2v) is 8.72. The van der Waals surface area contributed by atoms with Gasteiger partial charge in [0.25, 0.3) is 0 Å². The number of thiophene rings is 1. The van der Waals surface area contributed by atoms with E-state index in [1.54, 1.807) is 6.92 Å². The number of hydrogen-bond donors (Lipinski definition) is 1. The highest BCUT2D eigenvalue weighted by Gasteiger charge is 2.27. The number of carbonyl (C=O) groups is 3. The normalized spacial score (nSPS) is 14.8. The minimum Gasteiger partial charge on any atom is -0.465 e. The zero-order valence-corrected chi connectivity index (χ0v) is 18.9. The average Bonchev–Trinajstić information content (AvgIpc) is 3.10. The van der Waals surface area contributed by atoms with Gasteiger partial charge in [0, 0.05) is 0 Å². The number of anilines is 1. The number of methoxy groups -OCH3 is 2. The van der Waals surface area contributed by atoms with Gasteiger partial charge in [-0.1, -0.05) is 30.3 Å². The van der Waals surface area contributed by atoms with Gasteiger partial charge < -0.3 is 14.8 Å². The van der Waals surface area contributed by atoms with Crippen LogP contribution in [-0.4, -0.2) is 56.6 Å². The number of esters is 2. The number of benzene rings is 1. The summed E-state index contributed by atoms with van der Waals surface area (Å²) in [5.74, 6) is -0.742. The lowest BCUT2D eigenvalue weighted by Crippen LogP contribution is -2.39. The van der Waals surface area contributed by atoms with Crippen LogP contribution in [0.3, 0.4) is 0 Å². The van der Waals surface area contributed by atoms with Crippen LogP contribution in [-0.2, 0) is 20.7 Å². The summed E-state index contributed by atoms with van der Waals surface area (Å²) in [4.78, 5) is 39.3. The van der Waals surface area contributed by atoms with Crippen LogP contribution in [0.2, 0.25) is 0 Å². The van der Waals surface area contributed by atoms with E-state index in [2.05, 4.69) is 34.5 Å². The molecule has 0 atom stereocenters. The number of nitrogens with one attached hydrogen (secondary N) is 1. The molecule has 8 heteroatoms. The molecule has 0 spiro atoms. The van der Waals surface area contributed by atoms with Crippen molar-refractivity contribution in [3.8, 4) is 0 Å². The van der Waals surface area contributed by atoms with Gasteiger partial charge in [-0.05, 0) is 56.3 Å². The van der Waals surface area contributed by atoms with Gasteiger partial charge in [0.15, 0.2) is 0 Å². The molecule has 31 heavy (non-hydrogen) atoms. The Balaban J connectivity index is 1.58. The molecular weight excluding hydrogens is 416 g/mol. The highest BCUT2D eigenvalue weighted by molar-refractivity contribution is 7.18. The lowest BCUT2D eigenvalue weighted by atomic mass is 9.90. The number of likely N-dealkylation sites (tertiary alicyclic amines) is 1. The fourth-order valence-corrected chi connectivity index (χ4v) is 5.03. The Labute approximate surface area is 186 Å². The first-order chi connectivity index (χ1) is 14.9. The number of piperidine rings is 1. The molecule has 1 aliphatic rings. The molecule has 1 aliphatic heterocycles. The van der Waals surface area contributed by atoms with E-state index in [0.29, 0.717) is 16.5 Å². The molecule has 1 aromatic heterocycles. The molecule has 2 aromatic rings. The quantitative estimate of drug-likeness (QED) is 0.658. The van der Waals surface area contributed by atoms with E-state index in [1.165, 1.54) is 19.8 Å². The first-order valence-corrected chi connectivity index (χ1v) is 11.1. The molecule has 2 heterocycles. The first-order valence-electron chi connectivity index (χ1n) is 10.3. The molecule has 0 aliphatic carbocycles. The lowest BCUT2D eigenvalue weighted by molar-refractivity contribution is -0.117. The third kappa shape index (κ3) is 5.71. The predicted octanol–water partition coefficient (Wildman–Crippen LogP) is 3.52. The maximum Gasteiger partial charge on any atom is 0.348 e. The minimum absolute atomic E-state index is 0.197. The Morgan fingerprint density at radius 2 is 1.71 bits per heavy atom. The molecule has 1 fully saturated rings. The minimum atomic E-state index is -0.596. The summed E-state index contributed by atoms with van der Waals surface area (Å²) in [5.41, 5.74) is 1.99. The average molecular weight is 445 g/mol. The third-order valence-corrected chi connectivity index (χ3v) is 6.79. The molecule has 1 saturated heterocycles. The maximum absolute atomic E-state index is 12.7. The van der Waals surface area contributed by atoms with Crippen molar-refractivity contribution in [3.05, 3.63) is 51.9 Å². The topological polar surface area (TPSA) is 84.9 Å². The van der Waals surface area contributed by atoms with Gasteiger partial charge in [-0.15, -0.1) is 11.3 Å². The Bertz CT molecular complexity index is 933. The van der Waals surface area contributed by atoms with Crippen LogP contribution in [0.4, 0.5) is 5.00 Å². The Kier molecular flexibility index (Phi) is 7.81. The van der Waals surface area contributed by atoms with Crippen LogP contribution in [0.5, 0.6) is 0 Å².